The van der Waals surface area contributed by atoms with Gasteiger partial charge in [-0.1, -0.05) is 42.0 Å². The van der Waals surface area contributed by atoms with Crippen LogP contribution in [0, 0.1) is 20.8 Å². The molecule has 0 unspecified atom stereocenters. The Morgan fingerprint density at radius 2 is 1.58 bits per heavy atom. The minimum Gasteiger partial charge on any atom is -0.299 e. The third-order valence-electron chi connectivity index (χ3n) is 4.53. The number of nitrogens with zero attached hydrogens (tertiary/aromatic N) is 2. The maximum atomic E-state index is 4.55. The van der Waals surface area contributed by atoms with Crippen LogP contribution in [0.5, 0.6) is 0 Å². The van der Waals surface area contributed by atoms with E-state index in [4.69, 9.17) is 0 Å². The summed E-state index contributed by atoms with van der Waals surface area (Å²) in [4.78, 5) is 4.55. The lowest BCUT2D eigenvalue weighted by Gasteiger charge is -2.10. The third-order valence-corrected chi connectivity index (χ3v) is 4.53. The Kier molecular flexibility index (Phi) is 3.46. The maximum absolute atomic E-state index is 4.55. The molecule has 0 saturated carbocycles. The summed E-state index contributed by atoms with van der Waals surface area (Å²) >= 11 is 0. The van der Waals surface area contributed by atoms with Gasteiger partial charge in [-0.25, -0.2) is 4.98 Å². The minimum absolute atomic E-state index is 1.03. The molecule has 0 fully saturated rings. The number of benzene rings is 3. The van der Waals surface area contributed by atoms with Crippen LogP contribution >= 0.6 is 0 Å². The Morgan fingerprint density at radius 3 is 2.46 bits per heavy atom. The van der Waals surface area contributed by atoms with Crippen LogP contribution in [-0.4, -0.2) is 9.55 Å². The van der Waals surface area contributed by atoms with Crippen LogP contribution in [0.4, 0.5) is 0 Å². The molecular formula is C22H20N2. The number of hydrogen-bond donors (Lipinski definition) is 0. The second-order valence-electron chi connectivity index (χ2n) is 6.48. The van der Waals surface area contributed by atoms with Crippen molar-refractivity contribution in [2.24, 2.45) is 0 Å². The Balaban J connectivity index is 1.86. The lowest BCUT2D eigenvalue weighted by molar-refractivity contribution is 1.09. The summed E-state index contributed by atoms with van der Waals surface area (Å²) < 4.78 is 2.16. The summed E-state index contributed by atoms with van der Waals surface area (Å²) in [6.07, 6.45) is 1.91. The van der Waals surface area contributed by atoms with E-state index in [2.05, 4.69) is 91.0 Å². The molecular weight excluding hydrogens is 292 g/mol. The quantitative estimate of drug-likeness (QED) is 0.470. The van der Waals surface area contributed by atoms with Gasteiger partial charge >= 0.3 is 0 Å². The van der Waals surface area contributed by atoms with E-state index in [1.807, 2.05) is 6.33 Å². The Morgan fingerprint density at radius 1 is 0.792 bits per heavy atom. The third kappa shape index (κ3) is 2.50. The second kappa shape index (κ2) is 5.64. The van der Waals surface area contributed by atoms with Gasteiger partial charge in [0.25, 0.3) is 0 Å². The SMILES string of the molecule is Cc1ccc(C)c(-c2cccc(-n3cnc4cc(C)ccc43)c2)c1. The molecule has 0 amide bonds. The predicted octanol–water partition coefficient (Wildman–Crippen LogP) is 5.62. The van der Waals surface area contributed by atoms with Crippen molar-refractivity contribution in [3.05, 3.63) is 83.7 Å². The first-order valence-electron chi connectivity index (χ1n) is 8.23. The van der Waals surface area contributed by atoms with Gasteiger partial charge in [-0.15, -0.1) is 0 Å². The average molecular weight is 312 g/mol. The van der Waals surface area contributed by atoms with E-state index in [9.17, 15) is 0 Å². The van der Waals surface area contributed by atoms with Crippen LogP contribution in [0.2, 0.25) is 0 Å². The summed E-state index contributed by atoms with van der Waals surface area (Å²) in [6.45, 7) is 6.40. The second-order valence-corrected chi connectivity index (χ2v) is 6.48. The fraction of sp³-hybridized carbons (Fsp3) is 0.136. The number of imidazole rings is 1. The highest BCUT2D eigenvalue weighted by atomic mass is 15.0. The highest BCUT2D eigenvalue weighted by Crippen LogP contribution is 2.27. The van der Waals surface area contributed by atoms with Crippen molar-refractivity contribution in [2.45, 2.75) is 20.8 Å². The molecule has 0 aliphatic heterocycles. The number of aromatic nitrogens is 2. The van der Waals surface area contributed by atoms with E-state index in [-0.39, 0.29) is 0 Å². The summed E-state index contributed by atoms with van der Waals surface area (Å²) in [6, 6.07) is 21.7. The monoisotopic (exact) mass is 312 g/mol. The highest BCUT2D eigenvalue weighted by Gasteiger charge is 2.07. The molecule has 3 aromatic carbocycles. The molecule has 0 radical (unpaired) electrons. The minimum atomic E-state index is 1.03. The number of aryl methyl sites for hydroxylation is 3. The molecule has 0 aliphatic rings. The van der Waals surface area contributed by atoms with Crippen LogP contribution < -0.4 is 0 Å². The zero-order valence-electron chi connectivity index (χ0n) is 14.2. The first-order chi connectivity index (χ1) is 11.6. The summed E-state index contributed by atoms with van der Waals surface area (Å²) in [5.41, 5.74) is 9.65. The number of fused-ring (bicyclic) bond motifs is 1. The van der Waals surface area contributed by atoms with Crippen LogP contribution in [0.1, 0.15) is 16.7 Å². The van der Waals surface area contributed by atoms with Gasteiger partial charge < -0.3 is 0 Å². The van der Waals surface area contributed by atoms with E-state index in [0.29, 0.717) is 0 Å². The fourth-order valence-electron chi connectivity index (χ4n) is 3.20. The van der Waals surface area contributed by atoms with Crippen molar-refractivity contribution in [3.63, 3.8) is 0 Å². The lowest BCUT2D eigenvalue weighted by Crippen LogP contribution is -1.93. The van der Waals surface area contributed by atoms with Crippen molar-refractivity contribution >= 4 is 11.0 Å². The van der Waals surface area contributed by atoms with Crippen LogP contribution in [-0.2, 0) is 0 Å². The van der Waals surface area contributed by atoms with E-state index >= 15 is 0 Å². The van der Waals surface area contributed by atoms with Gasteiger partial charge in [0.05, 0.1) is 11.0 Å². The van der Waals surface area contributed by atoms with Crippen molar-refractivity contribution in [1.29, 1.82) is 0 Å². The first kappa shape index (κ1) is 14.7. The molecule has 0 spiro atoms. The van der Waals surface area contributed by atoms with Crippen LogP contribution in [0.25, 0.3) is 27.8 Å². The zero-order chi connectivity index (χ0) is 16.7. The van der Waals surface area contributed by atoms with E-state index < -0.39 is 0 Å². The molecule has 4 rings (SSSR count). The van der Waals surface area contributed by atoms with Gasteiger partial charge in [0.1, 0.15) is 6.33 Å². The maximum Gasteiger partial charge on any atom is 0.100 e. The summed E-state index contributed by atoms with van der Waals surface area (Å²) in [7, 11) is 0. The van der Waals surface area contributed by atoms with Crippen LogP contribution in [0.15, 0.2) is 67.0 Å². The normalized spacial score (nSPS) is 11.1. The molecule has 0 N–H and O–H groups in total. The highest BCUT2D eigenvalue weighted by molar-refractivity contribution is 5.79. The molecule has 0 bridgehead atoms. The molecule has 24 heavy (non-hydrogen) atoms. The van der Waals surface area contributed by atoms with Gasteiger partial charge in [0.15, 0.2) is 0 Å². The topological polar surface area (TPSA) is 17.8 Å². The Hall–Kier alpha value is -2.87. The standard InChI is InChI=1S/C22H20N2/c1-15-7-9-17(3)20(11-15)18-5-4-6-19(13-18)24-14-23-21-12-16(2)8-10-22(21)24/h4-14H,1-3H3. The van der Waals surface area contributed by atoms with Crippen molar-refractivity contribution in [3.8, 4) is 16.8 Å². The first-order valence-corrected chi connectivity index (χ1v) is 8.23. The molecule has 0 aliphatic carbocycles. The van der Waals surface area contributed by atoms with Crippen molar-refractivity contribution in [1.82, 2.24) is 9.55 Å². The average Bonchev–Trinajstić information content (AvgIpc) is 3.00. The smallest absolute Gasteiger partial charge is 0.100 e. The fourth-order valence-corrected chi connectivity index (χ4v) is 3.20. The van der Waals surface area contributed by atoms with E-state index in [0.717, 1.165) is 16.7 Å². The molecule has 1 aromatic heterocycles. The predicted molar refractivity (Wildman–Crippen MR) is 101 cm³/mol. The molecule has 2 nitrogen and oxygen atoms in total. The van der Waals surface area contributed by atoms with E-state index in [1.165, 1.54) is 27.8 Å². The van der Waals surface area contributed by atoms with Gasteiger partial charge in [0.2, 0.25) is 0 Å². The largest absolute Gasteiger partial charge is 0.299 e. The molecule has 118 valence electrons. The van der Waals surface area contributed by atoms with Gasteiger partial charge in [-0.05, 0) is 67.3 Å². The Labute approximate surface area is 142 Å². The van der Waals surface area contributed by atoms with Gasteiger partial charge in [0, 0.05) is 5.69 Å². The summed E-state index contributed by atoms with van der Waals surface area (Å²) in [5, 5.41) is 0. The lowest BCUT2D eigenvalue weighted by atomic mass is 9.98. The molecule has 4 aromatic rings. The molecule has 2 heteroatoms. The van der Waals surface area contributed by atoms with Crippen LogP contribution in [0.3, 0.4) is 0 Å². The van der Waals surface area contributed by atoms with Gasteiger partial charge in [-0.2, -0.15) is 0 Å². The van der Waals surface area contributed by atoms with E-state index in [1.54, 1.807) is 0 Å². The number of rotatable bonds is 2. The number of hydrogen-bond acceptors (Lipinski definition) is 1. The Bertz CT molecular complexity index is 1040. The zero-order valence-corrected chi connectivity index (χ0v) is 14.2. The van der Waals surface area contributed by atoms with Crippen molar-refractivity contribution in [2.75, 3.05) is 0 Å². The molecule has 1 heterocycles. The van der Waals surface area contributed by atoms with Crippen molar-refractivity contribution < 1.29 is 0 Å². The molecule has 0 saturated heterocycles. The molecule has 0 atom stereocenters. The van der Waals surface area contributed by atoms with Gasteiger partial charge in [-0.3, -0.25) is 4.57 Å². The summed E-state index contributed by atoms with van der Waals surface area (Å²) in [5.74, 6) is 0.